The zero-order valence-corrected chi connectivity index (χ0v) is 5.15. The summed E-state index contributed by atoms with van der Waals surface area (Å²) >= 11 is 0. The summed E-state index contributed by atoms with van der Waals surface area (Å²) in [6.45, 7) is 0. The molecule has 0 amide bonds. The summed E-state index contributed by atoms with van der Waals surface area (Å²) in [5.74, 6) is 0. The van der Waals surface area contributed by atoms with E-state index in [0.717, 1.165) is 0 Å². The molecule has 3 N–H and O–H groups in total. The summed E-state index contributed by atoms with van der Waals surface area (Å²) in [7, 11) is -4.64. The minimum atomic E-state index is -4.64. The predicted molar refractivity (Wildman–Crippen MR) is 30.0 cm³/mol. The van der Waals surface area contributed by atoms with Crippen molar-refractivity contribution in [3.63, 3.8) is 0 Å². The minimum Gasteiger partial charge on any atom is 0 e. The standard InChI is InChI=1S/Mg.Na.H3O4P.Ti.3H/c;;1-5(2,3)4;;;;/h;;(H3,1,2,3,4);;;;. The molecule has 0 radical (unpaired) electrons. The van der Waals surface area contributed by atoms with Gasteiger partial charge in [0.15, 0.2) is 0 Å². The largest absolute Gasteiger partial charge is 0 e. The Morgan fingerprint density at radius 2 is 1.12 bits per heavy atom. The summed E-state index contributed by atoms with van der Waals surface area (Å²) in [6, 6.07) is 0. The monoisotopic (exact) mass is 196 g/mol. The fourth-order valence-corrected chi connectivity index (χ4v) is 0. The van der Waals surface area contributed by atoms with E-state index in [1.54, 1.807) is 0 Å². The van der Waals surface area contributed by atoms with Gasteiger partial charge >= 0.3 is 60.4 Å². The predicted octanol–water partition coefficient (Wildman–Crippen LogP) is -2.50. The van der Waals surface area contributed by atoms with Crippen molar-refractivity contribution in [1.29, 1.82) is 0 Å². The van der Waals surface area contributed by atoms with E-state index < -0.39 is 7.82 Å². The van der Waals surface area contributed by atoms with E-state index >= 15 is 0 Å². The molecule has 0 aliphatic carbocycles. The average molecular weight is 196 g/mol. The summed E-state index contributed by atoms with van der Waals surface area (Å²) in [5, 5.41) is 0. The van der Waals surface area contributed by atoms with Gasteiger partial charge in [-0.25, -0.2) is 4.57 Å². The molecule has 0 rings (SSSR count). The van der Waals surface area contributed by atoms with Crippen molar-refractivity contribution >= 4 is 60.4 Å². The Hall–Kier alpha value is 2.59. The van der Waals surface area contributed by atoms with Gasteiger partial charge in [-0.05, 0) is 0 Å². The van der Waals surface area contributed by atoms with Gasteiger partial charge in [-0.3, -0.25) is 0 Å². The van der Waals surface area contributed by atoms with Crippen LogP contribution in [0.1, 0.15) is 0 Å². The Kier molecular flexibility index (Phi) is 26.9. The molecule has 0 heterocycles. The van der Waals surface area contributed by atoms with Crippen LogP contribution in [0.2, 0.25) is 0 Å². The second-order valence-corrected chi connectivity index (χ2v) is 1.54. The zero-order chi connectivity index (χ0) is 4.50. The Labute approximate surface area is 100.0 Å². The molecule has 0 fully saturated rings. The van der Waals surface area contributed by atoms with Crippen LogP contribution < -0.4 is 0 Å². The molecule has 42 valence electrons. The molecule has 0 spiro atoms. The smallest absolute Gasteiger partial charge is 0 e. The van der Waals surface area contributed by atoms with Crippen molar-refractivity contribution in [3.8, 4) is 0 Å². The van der Waals surface area contributed by atoms with E-state index in [4.69, 9.17) is 19.2 Å². The Morgan fingerprint density at radius 1 is 1.12 bits per heavy atom. The first-order chi connectivity index (χ1) is 2.00. The van der Waals surface area contributed by atoms with Crippen molar-refractivity contribution in [1.82, 2.24) is 0 Å². The van der Waals surface area contributed by atoms with Gasteiger partial charge in [-0.2, -0.15) is 0 Å². The molecule has 0 aliphatic rings. The first-order valence-corrected chi connectivity index (χ1v) is 2.35. The van der Waals surface area contributed by atoms with Gasteiger partial charge in [0.1, 0.15) is 0 Å². The molecule has 8 heavy (non-hydrogen) atoms. The van der Waals surface area contributed by atoms with Gasteiger partial charge in [0.25, 0.3) is 0 Å². The average Bonchev–Trinajstić information content (AvgIpc) is 0.722. The fourth-order valence-electron chi connectivity index (χ4n) is 0. The van der Waals surface area contributed by atoms with Crippen LogP contribution >= 0.6 is 7.82 Å². The SMILES string of the molecule is O=P(O)(O)O.[MgH2].[NaH].[Ti]. The van der Waals surface area contributed by atoms with Crippen molar-refractivity contribution in [2.24, 2.45) is 0 Å². The Bertz CT molecular complexity index is 62.2. The van der Waals surface area contributed by atoms with Gasteiger partial charge in [0.2, 0.25) is 0 Å². The Morgan fingerprint density at radius 3 is 1.12 bits per heavy atom. The maximum absolute atomic E-state index is 8.88. The van der Waals surface area contributed by atoms with E-state index in [2.05, 4.69) is 0 Å². The van der Waals surface area contributed by atoms with Crippen molar-refractivity contribution in [2.75, 3.05) is 0 Å². The number of hydrogen-bond acceptors (Lipinski definition) is 1. The van der Waals surface area contributed by atoms with E-state index in [-0.39, 0.29) is 74.3 Å². The first-order valence-electron chi connectivity index (χ1n) is 0.783. The molecule has 0 saturated heterocycles. The third-order valence-corrected chi connectivity index (χ3v) is 0. The van der Waals surface area contributed by atoms with E-state index in [1.165, 1.54) is 0 Å². The zero-order valence-electron chi connectivity index (χ0n) is 2.70. The molecule has 0 aromatic rings. The molecule has 0 aromatic heterocycles. The van der Waals surface area contributed by atoms with Crippen molar-refractivity contribution in [3.05, 3.63) is 0 Å². The molecule has 0 saturated carbocycles. The van der Waals surface area contributed by atoms with Gasteiger partial charge in [0.05, 0.1) is 0 Å². The normalized spacial score (nSPS) is 7.38. The third-order valence-electron chi connectivity index (χ3n) is 0. The Balaban J connectivity index is -0.0000000267. The second kappa shape index (κ2) is 9.59. The van der Waals surface area contributed by atoms with Crippen molar-refractivity contribution < 1.29 is 41.0 Å². The van der Waals surface area contributed by atoms with Gasteiger partial charge in [-0.15, -0.1) is 0 Å². The van der Waals surface area contributed by atoms with Crippen LogP contribution in [0.5, 0.6) is 0 Å². The van der Waals surface area contributed by atoms with Crippen LogP contribution in [0.25, 0.3) is 0 Å². The number of phosphoric acid groups is 1. The van der Waals surface area contributed by atoms with Crippen molar-refractivity contribution in [2.45, 2.75) is 0 Å². The second-order valence-electron chi connectivity index (χ2n) is 0.513. The van der Waals surface area contributed by atoms with E-state index in [9.17, 15) is 0 Å². The first kappa shape index (κ1) is 22.4. The quantitative estimate of drug-likeness (QED) is 0.296. The number of hydrogen-bond donors (Lipinski definition) is 3. The molecule has 0 unspecified atom stereocenters. The molecule has 4 nitrogen and oxygen atoms in total. The van der Waals surface area contributed by atoms with Crippen LogP contribution in [0, 0.1) is 0 Å². The van der Waals surface area contributed by atoms with E-state index in [1.807, 2.05) is 0 Å². The minimum absolute atomic E-state index is 0. The maximum Gasteiger partial charge on any atom is 0 e. The van der Waals surface area contributed by atoms with Crippen LogP contribution in [0.3, 0.4) is 0 Å². The van der Waals surface area contributed by atoms with Crippen LogP contribution in [0.4, 0.5) is 0 Å². The summed E-state index contributed by atoms with van der Waals surface area (Å²) in [4.78, 5) is 21.6. The maximum atomic E-state index is 8.88. The summed E-state index contributed by atoms with van der Waals surface area (Å²) in [6.07, 6.45) is 0. The molecular formula is H6MgNaO4PTi. The molecule has 0 atom stereocenters. The molecule has 0 aromatic carbocycles. The van der Waals surface area contributed by atoms with E-state index in [0.29, 0.717) is 0 Å². The van der Waals surface area contributed by atoms with Crippen LogP contribution in [-0.2, 0) is 26.3 Å². The molecule has 0 bridgehead atoms. The molecule has 0 aliphatic heterocycles. The topological polar surface area (TPSA) is 77.8 Å². The van der Waals surface area contributed by atoms with Gasteiger partial charge < -0.3 is 14.7 Å². The van der Waals surface area contributed by atoms with Gasteiger partial charge in [-0.1, -0.05) is 0 Å². The van der Waals surface area contributed by atoms with Gasteiger partial charge in [0, 0.05) is 21.7 Å². The van der Waals surface area contributed by atoms with Crippen LogP contribution in [0.15, 0.2) is 0 Å². The number of rotatable bonds is 0. The molecule has 8 heteroatoms. The summed E-state index contributed by atoms with van der Waals surface area (Å²) in [5.41, 5.74) is 0. The molecular weight excluding hydrogens is 190 g/mol. The summed E-state index contributed by atoms with van der Waals surface area (Å²) < 4.78 is 8.88. The fraction of sp³-hybridized carbons (Fsp3) is 0. The third kappa shape index (κ3) is 73.8. The van der Waals surface area contributed by atoms with Crippen LogP contribution in [-0.4, -0.2) is 67.3 Å².